The summed E-state index contributed by atoms with van der Waals surface area (Å²) in [5.41, 5.74) is -0.470. The van der Waals surface area contributed by atoms with E-state index in [0.29, 0.717) is 11.5 Å². The first-order chi connectivity index (χ1) is 12.1. The molecular weight excluding hydrogens is 353 g/mol. The summed E-state index contributed by atoms with van der Waals surface area (Å²) in [6.07, 6.45) is -4.52. The lowest BCUT2D eigenvalue weighted by Crippen LogP contribution is -2.22. The Labute approximate surface area is 147 Å². The predicted octanol–water partition coefficient (Wildman–Crippen LogP) is 3.92. The number of carbonyl (C=O) groups excluding carboxylic acids is 2. The van der Waals surface area contributed by atoms with Crippen LogP contribution >= 0.6 is 0 Å². The van der Waals surface area contributed by atoms with Crippen LogP contribution in [0.2, 0.25) is 0 Å². The van der Waals surface area contributed by atoms with Crippen molar-refractivity contribution in [2.75, 3.05) is 11.9 Å². The molecule has 26 heavy (non-hydrogen) atoms. The summed E-state index contributed by atoms with van der Waals surface area (Å²) >= 11 is 0. The monoisotopic (exact) mass is 370 g/mol. The largest absolute Gasteiger partial charge is 0.452 e. The van der Waals surface area contributed by atoms with Crippen molar-refractivity contribution in [3.8, 4) is 0 Å². The molecule has 0 atom stereocenters. The highest BCUT2D eigenvalue weighted by atomic mass is 19.4. The SMILES string of the molecule is Cc1noc(C(C)C)c1C(=O)OCC(=O)Nc1cccc(C(F)(F)F)c1. The van der Waals surface area contributed by atoms with Gasteiger partial charge >= 0.3 is 12.1 Å². The molecule has 0 fully saturated rings. The van der Waals surface area contributed by atoms with Crippen LogP contribution in [0.4, 0.5) is 18.9 Å². The molecule has 1 N–H and O–H groups in total. The second kappa shape index (κ2) is 7.59. The number of esters is 1. The van der Waals surface area contributed by atoms with E-state index in [1.165, 1.54) is 12.1 Å². The van der Waals surface area contributed by atoms with Gasteiger partial charge in [-0.3, -0.25) is 4.79 Å². The Balaban J connectivity index is 1.99. The van der Waals surface area contributed by atoms with E-state index in [1.807, 2.05) is 0 Å². The van der Waals surface area contributed by atoms with E-state index in [-0.39, 0.29) is 17.2 Å². The van der Waals surface area contributed by atoms with Gasteiger partial charge in [-0.25, -0.2) is 4.79 Å². The number of rotatable bonds is 5. The lowest BCUT2D eigenvalue weighted by molar-refractivity contribution is -0.137. The van der Waals surface area contributed by atoms with Crippen molar-refractivity contribution in [2.45, 2.75) is 32.9 Å². The number of carbonyl (C=O) groups is 2. The third-order valence-corrected chi connectivity index (χ3v) is 3.43. The van der Waals surface area contributed by atoms with Gasteiger partial charge in [0.15, 0.2) is 12.4 Å². The van der Waals surface area contributed by atoms with Crippen molar-refractivity contribution >= 4 is 17.6 Å². The van der Waals surface area contributed by atoms with Gasteiger partial charge in [0, 0.05) is 11.6 Å². The normalized spacial score (nSPS) is 11.5. The molecule has 0 aliphatic rings. The third kappa shape index (κ3) is 4.62. The number of hydrogen-bond acceptors (Lipinski definition) is 5. The number of ether oxygens (including phenoxy) is 1. The highest BCUT2D eigenvalue weighted by Crippen LogP contribution is 2.30. The van der Waals surface area contributed by atoms with Crippen LogP contribution in [0.25, 0.3) is 0 Å². The molecule has 0 saturated carbocycles. The second-order valence-corrected chi connectivity index (χ2v) is 5.86. The van der Waals surface area contributed by atoms with Gasteiger partial charge in [-0.05, 0) is 25.1 Å². The van der Waals surface area contributed by atoms with Crippen LogP contribution in [0, 0.1) is 6.92 Å². The summed E-state index contributed by atoms with van der Waals surface area (Å²) in [6.45, 7) is 4.51. The first-order valence-electron chi connectivity index (χ1n) is 7.70. The molecule has 1 aromatic carbocycles. The Hall–Kier alpha value is -2.84. The van der Waals surface area contributed by atoms with Crippen LogP contribution in [0.5, 0.6) is 0 Å². The smallest absolute Gasteiger partial charge is 0.416 e. The van der Waals surface area contributed by atoms with Crippen LogP contribution in [-0.4, -0.2) is 23.6 Å². The van der Waals surface area contributed by atoms with E-state index in [1.54, 1.807) is 20.8 Å². The molecule has 9 heteroatoms. The molecule has 0 bridgehead atoms. The standard InChI is InChI=1S/C17H17F3N2O4/c1-9(2)15-14(10(3)22-26-15)16(24)25-8-13(23)21-12-6-4-5-11(7-12)17(18,19)20/h4-7,9H,8H2,1-3H3,(H,21,23). The predicted molar refractivity (Wildman–Crippen MR) is 85.7 cm³/mol. The van der Waals surface area contributed by atoms with E-state index < -0.39 is 30.2 Å². The van der Waals surface area contributed by atoms with Crippen molar-refractivity contribution in [3.63, 3.8) is 0 Å². The molecule has 0 radical (unpaired) electrons. The van der Waals surface area contributed by atoms with Crippen LogP contribution in [0.15, 0.2) is 28.8 Å². The first-order valence-corrected chi connectivity index (χ1v) is 7.70. The fraction of sp³-hybridized carbons (Fsp3) is 0.353. The van der Waals surface area contributed by atoms with Gasteiger partial charge in [-0.15, -0.1) is 0 Å². The molecule has 0 saturated heterocycles. The van der Waals surface area contributed by atoms with Gasteiger partial charge < -0.3 is 14.6 Å². The molecule has 0 aliphatic carbocycles. The number of alkyl halides is 3. The Morgan fingerprint density at radius 1 is 1.31 bits per heavy atom. The molecule has 2 aromatic rings. The van der Waals surface area contributed by atoms with Crippen LogP contribution < -0.4 is 5.32 Å². The molecule has 6 nitrogen and oxygen atoms in total. The third-order valence-electron chi connectivity index (χ3n) is 3.43. The van der Waals surface area contributed by atoms with E-state index in [0.717, 1.165) is 12.1 Å². The fourth-order valence-electron chi connectivity index (χ4n) is 2.20. The minimum Gasteiger partial charge on any atom is -0.452 e. The molecule has 1 aromatic heterocycles. The van der Waals surface area contributed by atoms with Crippen molar-refractivity contribution in [3.05, 3.63) is 46.8 Å². The van der Waals surface area contributed by atoms with Gasteiger partial charge in [0.25, 0.3) is 5.91 Å². The summed E-state index contributed by atoms with van der Waals surface area (Å²) in [4.78, 5) is 24.0. The highest BCUT2D eigenvalue weighted by molar-refractivity contribution is 5.96. The second-order valence-electron chi connectivity index (χ2n) is 5.86. The number of aryl methyl sites for hydroxylation is 1. The van der Waals surface area contributed by atoms with Crippen molar-refractivity contribution in [1.82, 2.24) is 5.16 Å². The summed E-state index contributed by atoms with van der Waals surface area (Å²) in [5.74, 6) is -1.33. The molecule has 0 spiro atoms. The van der Waals surface area contributed by atoms with Crippen LogP contribution in [0.3, 0.4) is 0 Å². The maximum Gasteiger partial charge on any atom is 0.416 e. The average Bonchev–Trinajstić information content (AvgIpc) is 2.94. The van der Waals surface area contributed by atoms with E-state index >= 15 is 0 Å². The van der Waals surface area contributed by atoms with Gasteiger partial charge in [-0.2, -0.15) is 13.2 Å². The quantitative estimate of drug-likeness (QED) is 0.807. The van der Waals surface area contributed by atoms with Gasteiger partial charge in [-0.1, -0.05) is 25.1 Å². The number of amides is 1. The Kier molecular flexibility index (Phi) is 5.69. The van der Waals surface area contributed by atoms with Crippen LogP contribution in [0.1, 0.15) is 47.1 Å². The van der Waals surface area contributed by atoms with Gasteiger partial charge in [0.05, 0.1) is 11.3 Å². The number of hydrogen-bond donors (Lipinski definition) is 1. The summed E-state index contributed by atoms with van der Waals surface area (Å²) in [6, 6.07) is 4.15. The van der Waals surface area contributed by atoms with E-state index in [4.69, 9.17) is 9.26 Å². The number of nitrogens with one attached hydrogen (secondary N) is 1. The minimum absolute atomic E-state index is 0.0510. The number of halogens is 3. The topological polar surface area (TPSA) is 81.4 Å². The van der Waals surface area contributed by atoms with Gasteiger partial charge in [0.2, 0.25) is 0 Å². The fourth-order valence-corrected chi connectivity index (χ4v) is 2.20. The molecular formula is C17H17F3N2O4. The molecule has 140 valence electrons. The lowest BCUT2D eigenvalue weighted by Gasteiger charge is -2.10. The van der Waals surface area contributed by atoms with E-state index in [2.05, 4.69) is 10.5 Å². The molecule has 0 aliphatic heterocycles. The number of anilines is 1. The van der Waals surface area contributed by atoms with Crippen molar-refractivity contribution < 1.29 is 32.0 Å². The number of nitrogens with zero attached hydrogens (tertiary/aromatic N) is 1. The van der Waals surface area contributed by atoms with E-state index in [9.17, 15) is 22.8 Å². The van der Waals surface area contributed by atoms with Crippen LogP contribution in [-0.2, 0) is 15.7 Å². The summed E-state index contributed by atoms with van der Waals surface area (Å²) in [5, 5.41) is 5.96. The number of benzene rings is 1. The Morgan fingerprint density at radius 2 is 2.00 bits per heavy atom. The molecule has 1 amide bonds. The van der Waals surface area contributed by atoms with Gasteiger partial charge in [0.1, 0.15) is 5.56 Å². The zero-order valence-corrected chi connectivity index (χ0v) is 14.3. The number of aromatic nitrogens is 1. The summed E-state index contributed by atoms with van der Waals surface area (Å²) < 4.78 is 48.0. The maximum atomic E-state index is 12.7. The lowest BCUT2D eigenvalue weighted by atomic mass is 10.1. The Morgan fingerprint density at radius 3 is 2.62 bits per heavy atom. The van der Waals surface area contributed by atoms with Crippen molar-refractivity contribution in [2.24, 2.45) is 0 Å². The average molecular weight is 370 g/mol. The highest BCUT2D eigenvalue weighted by Gasteiger charge is 2.30. The Bertz CT molecular complexity index is 813. The zero-order valence-electron chi connectivity index (χ0n) is 14.3. The first kappa shape index (κ1) is 19.5. The molecule has 2 rings (SSSR count). The minimum atomic E-state index is -4.52. The molecule has 1 heterocycles. The maximum absolute atomic E-state index is 12.7. The molecule has 0 unspecified atom stereocenters. The van der Waals surface area contributed by atoms with Crippen molar-refractivity contribution in [1.29, 1.82) is 0 Å². The summed E-state index contributed by atoms with van der Waals surface area (Å²) in [7, 11) is 0. The zero-order chi connectivity index (χ0) is 19.5.